The summed E-state index contributed by atoms with van der Waals surface area (Å²) in [5, 5.41) is 3.19. The summed E-state index contributed by atoms with van der Waals surface area (Å²) in [6.07, 6.45) is 5.61. The van der Waals surface area contributed by atoms with Gasteiger partial charge in [-0.15, -0.1) is 0 Å². The molecule has 0 saturated heterocycles. The first kappa shape index (κ1) is 22.7. The molecule has 0 aliphatic heterocycles. The second kappa shape index (κ2) is 8.83. The normalized spacial score (nSPS) is 16.3. The Morgan fingerprint density at radius 2 is 2.00 bits per heavy atom. The maximum Gasteiger partial charge on any atom is 0.298 e. The molecule has 0 bridgehead atoms. The summed E-state index contributed by atoms with van der Waals surface area (Å²) >= 11 is 0. The molecular weight excluding hydrogens is 417 g/mol. The van der Waals surface area contributed by atoms with Crippen LogP contribution in [0.25, 0.3) is 5.69 Å². The fourth-order valence-electron chi connectivity index (χ4n) is 4.89. The maximum atomic E-state index is 14.7. The fraction of sp³-hybridized carbons (Fsp3) is 0.308. The molecule has 0 saturated carbocycles. The van der Waals surface area contributed by atoms with E-state index in [2.05, 4.69) is 43.1 Å². The zero-order valence-electron chi connectivity index (χ0n) is 19.3. The van der Waals surface area contributed by atoms with Gasteiger partial charge in [0.25, 0.3) is 5.56 Å². The lowest BCUT2D eigenvalue weighted by Crippen LogP contribution is -2.22. The Kier molecular flexibility index (Phi) is 6.08. The zero-order chi connectivity index (χ0) is 23.8. The number of anilines is 2. The molecule has 6 nitrogen and oxygen atoms in total. The molecule has 3 aromatic rings. The summed E-state index contributed by atoms with van der Waals surface area (Å²) in [4.78, 5) is 17.5. The number of aryl methyl sites for hydroxylation is 1. The van der Waals surface area contributed by atoms with Gasteiger partial charge in [0.2, 0.25) is 0 Å². The molecule has 1 aromatic heterocycles. The summed E-state index contributed by atoms with van der Waals surface area (Å²) in [6, 6.07) is 10.9. The van der Waals surface area contributed by atoms with Crippen LogP contribution < -0.4 is 22.1 Å². The van der Waals surface area contributed by atoms with Crippen molar-refractivity contribution in [2.45, 2.75) is 51.4 Å². The van der Waals surface area contributed by atoms with Crippen LogP contribution in [0.1, 0.15) is 56.2 Å². The number of allylic oxidation sites excluding steroid dienone is 1. The van der Waals surface area contributed by atoms with Crippen molar-refractivity contribution >= 4 is 11.5 Å². The molecule has 0 radical (unpaired) electrons. The van der Waals surface area contributed by atoms with E-state index in [1.807, 2.05) is 24.3 Å². The molecule has 7 heteroatoms. The predicted octanol–water partition coefficient (Wildman–Crippen LogP) is 4.81. The van der Waals surface area contributed by atoms with Crippen LogP contribution >= 0.6 is 0 Å². The molecule has 1 aliphatic rings. The van der Waals surface area contributed by atoms with Crippen LogP contribution in [0.3, 0.4) is 0 Å². The van der Waals surface area contributed by atoms with Crippen molar-refractivity contribution < 1.29 is 4.39 Å². The van der Waals surface area contributed by atoms with Gasteiger partial charge in [0.15, 0.2) is 5.82 Å². The van der Waals surface area contributed by atoms with Crippen LogP contribution in [0.2, 0.25) is 0 Å². The SMILES string of the molecule is C=C(CCc1ccc(-n2ccnc(Nc3ccc(F)c4c3C(C)CC4(C)C)c2=O)cc1)NN. The number of rotatable bonds is 7. The number of hydrazine groups is 1. The third-order valence-electron chi connectivity index (χ3n) is 6.41. The summed E-state index contributed by atoms with van der Waals surface area (Å²) in [5.74, 6) is 5.55. The van der Waals surface area contributed by atoms with Gasteiger partial charge < -0.3 is 10.7 Å². The third kappa shape index (κ3) is 4.41. The van der Waals surface area contributed by atoms with E-state index in [-0.39, 0.29) is 28.5 Å². The number of nitrogens with two attached hydrogens (primary N) is 1. The minimum atomic E-state index is -0.269. The summed E-state index contributed by atoms with van der Waals surface area (Å²) in [7, 11) is 0. The Morgan fingerprint density at radius 1 is 1.27 bits per heavy atom. The first-order chi connectivity index (χ1) is 15.7. The lowest BCUT2D eigenvalue weighted by atomic mass is 9.86. The van der Waals surface area contributed by atoms with Crippen LogP contribution in [0.5, 0.6) is 0 Å². The Balaban J connectivity index is 1.63. The Labute approximate surface area is 193 Å². The number of halogens is 1. The van der Waals surface area contributed by atoms with Gasteiger partial charge >= 0.3 is 0 Å². The topological polar surface area (TPSA) is 85.0 Å². The van der Waals surface area contributed by atoms with Crippen LogP contribution in [-0.2, 0) is 11.8 Å². The maximum absolute atomic E-state index is 14.7. The highest BCUT2D eigenvalue weighted by Gasteiger charge is 2.39. The van der Waals surface area contributed by atoms with Gasteiger partial charge in [-0.1, -0.05) is 39.5 Å². The summed E-state index contributed by atoms with van der Waals surface area (Å²) in [6.45, 7) is 10.0. The minimum absolute atomic E-state index is 0.178. The molecular formula is C26H30FN5O. The molecule has 172 valence electrons. The standard InChI is InChI=1S/C26H30FN5O/c1-16-15-26(3,4)23-20(27)11-12-21(22(16)23)30-24-25(33)32(14-13-29-24)19-9-7-18(8-10-19)6-5-17(2)31-28/h7-14,16,31H,2,5-6,15,28H2,1,3-4H3,(H,29,30). The lowest BCUT2D eigenvalue weighted by molar-refractivity contribution is 0.467. The largest absolute Gasteiger partial charge is 0.335 e. The number of hydrogen-bond acceptors (Lipinski definition) is 5. The van der Waals surface area contributed by atoms with E-state index in [1.54, 1.807) is 23.0 Å². The van der Waals surface area contributed by atoms with Crippen molar-refractivity contribution in [2.24, 2.45) is 5.84 Å². The van der Waals surface area contributed by atoms with E-state index in [4.69, 9.17) is 5.84 Å². The average Bonchev–Trinajstić information content (AvgIpc) is 3.05. The van der Waals surface area contributed by atoms with Gasteiger partial charge in [-0.25, -0.2) is 9.37 Å². The van der Waals surface area contributed by atoms with Gasteiger partial charge in [-0.3, -0.25) is 15.2 Å². The number of aromatic nitrogens is 2. The van der Waals surface area contributed by atoms with Crippen LogP contribution in [0, 0.1) is 5.82 Å². The second-order valence-electron chi connectivity index (χ2n) is 9.36. The highest BCUT2D eigenvalue weighted by molar-refractivity contribution is 5.66. The van der Waals surface area contributed by atoms with Gasteiger partial charge in [-0.05, 0) is 71.6 Å². The molecule has 1 aliphatic carbocycles. The first-order valence-electron chi connectivity index (χ1n) is 11.1. The van der Waals surface area contributed by atoms with Gasteiger partial charge in [0, 0.05) is 29.5 Å². The van der Waals surface area contributed by atoms with E-state index in [0.29, 0.717) is 0 Å². The number of benzene rings is 2. The highest BCUT2D eigenvalue weighted by atomic mass is 19.1. The van der Waals surface area contributed by atoms with Crippen molar-refractivity contribution in [1.29, 1.82) is 0 Å². The van der Waals surface area contributed by atoms with E-state index in [0.717, 1.165) is 53.0 Å². The van der Waals surface area contributed by atoms with Crippen molar-refractivity contribution in [3.05, 3.63) is 93.9 Å². The van der Waals surface area contributed by atoms with Gasteiger partial charge in [0.1, 0.15) is 5.82 Å². The number of nitrogens with one attached hydrogen (secondary N) is 2. The first-order valence-corrected chi connectivity index (χ1v) is 11.1. The van der Waals surface area contributed by atoms with Gasteiger partial charge in [0.05, 0.1) is 0 Å². The molecule has 2 aromatic carbocycles. The second-order valence-corrected chi connectivity index (χ2v) is 9.36. The molecule has 1 heterocycles. The summed E-state index contributed by atoms with van der Waals surface area (Å²) in [5.41, 5.74) is 7.04. The van der Waals surface area contributed by atoms with Crippen LogP contribution in [0.15, 0.2) is 65.9 Å². The quantitative estimate of drug-likeness (QED) is 0.358. The van der Waals surface area contributed by atoms with Crippen LogP contribution in [-0.4, -0.2) is 9.55 Å². The molecule has 1 atom stereocenters. The Bertz CT molecular complexity index is 1250. The van der Waals surface area contributed by atoms with Crippen molar-refractivity contribution in [1.82, 2.24) is 15.0 Å². The molecule has 4 N–H and O–H groups in total. The monoisotopic (exact) mass is 447 g/mol. The molecule has 0 fully saturated rings. The van der Waals surface area contributed by atoms with Crippen molar-refractivity contribution in [3.63, 3.8) is 0 Å². The molecule has 0 amide bonds. The number of hydrogen-bond donors (Lipinski definition) is 3. The van der Waals surface area contributed by atoms with E-state index < -0.39 is 0 Å². The minimum Gasteiger partial charge on any atom is -0.335 e. The van der Waals surface area contributed by atoms with Crippen molar-refractivity contribution in [2.75, 3.05) is 5.32 Å². The van der Waals surface area contributed by atoms with E-state index in [1.165, 1.54) is 6.07 Å². The fourth-order valence-corrected chi connectivity index (χ4v) is 4.89. The molecule has 33 heavy (non-hydrogen) atoms. The Hall–Kier alpha value is -3.45. The number of fused-ring (bicyclic) bond motifs is 1. The Morgan fingerprint density at radius 3 is 2.70 bits per heavy atom. The van der Waals surface area contributed by atoms with Crippen molar-refractivity contribution in [3.8, 4) is 5.69 Å². The van der Waals surface area contributed by atoms with E-state index >= 15 is 0 Å². The van der Waals surface area contributed by atoms with Gasteiger partial charge in [-0.2, -0.15) is 0 Å². The average molecular weight is 448 g/mol. The predicted molar refractivity (Wildman–Crippen MR) is 130 cm³/mol. The highest BCUT2D eigenvalue weighted by Crippen LogP contribution is 2.49. The summed E-state index contributed by atoms with van der Waals surface area (Å²) < 4.78 is 16.2. The lowest BCUT2D eigenvalue weighted by Gasteiger charge is -2.20. The molecule has 0 spiro atoms. The molecule has 1 unspecified atom stereocenters. The third-order valence-corrected chi connectivity index (χ3v) is 6.41. The number of nitrogens with zero attached hydrogens (tertiary/aromatic N) is 2. The smallest absolute Gasteiger partial charge is 0.298 e. The molecule has 4 rings (SSSR count). The van der Waals surface area contributed by atoms with Crippen LogP contribution in [0.4, 0.5) is 15.9 Å². The zero-order valence-corrected chi connectivity index (χ0v) is 19.3. The van der Waals surface area contributed by atoms with E-state index in [9.17, 15) is 9.18 Å².